The molecule has 1 heterocycles. The lowest BCUT2D eigenvalue weighted by atomic mass is 10.1. The van der Waals surface area contributed by atoms with Gasteiger partial charge in [0.15, 0.2) is 5.13 Å². The number of anilines is 1. The number of carbonyl (C=O) groups excluding carboxylic acids is 1. The van der Waals surface area contributed by atoms with Crippen LogP contribution in [0.15, 0.2) is 77.7 Å². The first-order valence-electron chi connectivity index (χ1n) is 9.68. The highest BCUT2D eigenvalue weighted by Gasteiger charge is 2.22. The molecule has 0 fully saturated rings. The van der Waals surface area contributed by atoms with Crippen molar-refractivity contribution in [2.24, 2.45) is 0 Å². The van der Waals surface area contributed by atoms with Crippen LogP contribution < -0.4 is 4.90 Å². The summed E-state index contributed by atoms with van der Waals surface area (Å²) < 4.78 is 0.965. The van der Waals surface area contributed by atoms with Gasteiger partial charge in [-0.3, -0.25) is 9.69 Å². The molecule has 3 aromatic carbocycles. The number of halogens is 1. The third-order valence-corrected chi connectivity index (χ3v) is 6.76. The van der Waals surface area contributed by atoms with Crippen molar-refractivity contribution in [3.8, 4) is 0 Å². The van der Waals surface area contributed by atoms with Gasteiger partial charge in [0, 0.05) is 20.7 Å². The van der Waals surface area contributed by atoms with E-state index in [-0.39, 0.29) is 5.91 Å². The number of thioether (sulfide) groups is 1. The molecule has 0 spiro atoms. The van der Waals surface area contributed by atoms with Gasteiger partial charge in [0.05, 0.1) is 16.8 Å². The standard InChI is InChI=1S/C24H21ClN2OS2/c1-16(2)29-20-11-8-18(9-12-20)23(28)27(15-17-6-4-3-5-7-17)24-26-21-13-10-19(25)14-22(21)30-24/h3-14,16H,15H2,1-2H3. The molecule has 0 aliphatic carbocycles. The van der Waals surface area contributed by atoms with Crippen LogP contribution in [-0.4, -0.2) is 16.1 Å². The first-order chi connectivity index (χ1) is 14.5. The Bertz CT molecular complexity index is 1160. The molecular formula is C24H21ClN2OS2. The summed E-state index contributed by atoms with van der Waals surface area (Å²) >= 11 is 9.40. The summed E-state index contributed by atoms with van der Waals surface area (Å²) in [4.78, 5) is 21.1. The lowest BCUT2D eigenvalue weighted by Crippen LogP contribution is -2.30. The SMILES string of the molecule is CC(C)Sc1ccc(C(=O)N(Cc2ccccc2)c2nc3ccc(Cl)cc3s2)cc1. The van der Waals surface area contributed by atoms with Gasteiger partial charge in [-0.25, -0.2) is 4.98 Å². The van der Waals surface area contributed by atoms with Crippen LogP contribution in [0.2, 0.25) is 5.02 Å². The molecule has 0 radical (unpaired) electrons. The molecule has 0 aliphatic heterocycles. The van der Waals surface area contributed by atoms with E-state index in [2.05, 4.69) is 13.8 Å². The predicted molar refractivity (Wildman–Crippen MR) is 129 cm³/mol. The molecule has 0 saturated heterocycles. The molecule has 30 heavy (non-hydrogen) atoms. The van der Waals surface area contributed by atoms with Gasteiger partial charge in [0.1, 0.15) is 0 Å². The first kappa shape index (κ1) is 20.9. The maximum atomic E-state index is 13.5. The normalized spacial score (nSPS) is 11.2. The Balaban J connectivity index is 1.69. The van der Waals surface area contributed by atoms with Crippen LogP contribution in [0.1, 0.15) is 29.8 Å². The van der Waals surface area contributed by atoms with E-state index in [9.17, 15) is 4.79 Å². The molecule has 4 rings (SSSR count). The summed E-state index contributed by atoms with van der Waals surface area (Å²) in [5, 5.41) is 1.83. The second-order valence-electron chi connectivity index (χ2n) is 7.18. The van der Waals surface area contributed by atoms with E-state index < -0.39 is 0 Å². The van der Waals surface area contributed by atoms with Crippen LogP contribution in [0.5, 0.6) is 0 Å². The molecule has 0 N–H and O–H groups in total. The van der Waals surface area contributed by atoms with E-state index in [1.807, 2.05) is 72.8 Å². The quantitative estimate of drug-likeness (QED) is 0.288. The minimum atomic E-state index is -0.0647. The number of thiazole rings is 1. The van der Waals surface area contributed by atoms with E-state index in [1.54, 1.807) is 16.7 Å². The zero-order valence-electron chi connectivity index (χ0n) is 16.7. The minimum absolute atomic E-state index is 0.0647. The van der Waals surface area contributed by atoms with Crippen molar-refractivity contribution < 1.29 is 4.79 Å². The first-order valence-corrected chi connectivity index (χ1v) is 11.8. The summed E-state index contributed by atoms with van der Waals surface area (Å²) in [7, 11) is 0. The predicted octanol–water partition coefficient (Wildman–Crippen LogP) is 7.30. The molecule has 1 aromatic heterocycles. The van der Waals surface area contributed by atoms with Gasteiger partial charge < -0.3 is 0 Å². The molecule has 3 nitrogen and oxygen atoms in total. The number of benzene rings is 3. The highest BCUT2D eigenvalue weighted by Crippen LogP contribution is 2.33. The second-order valence-corrected chi connectivity index (χ2v) is 10.3. The number of hydrogen-bond acceptors (Lipinski definition) is 4. The lowest BCUT2D eigenvalue weighted by molar-refractivity contribution is 0.0985. The van der Waals surface area contributed by atoms with Crippen molar-refractivity contribution >= 4 is 56.0 Å². The average molecular weight is 453 g/mol. The molecule has 0 aliphatic rings. The molecule has 6 heteroatoms. The third-order valence-electron chi connectivity index (χ3n) is 4.47. The largest absolute Gasteiger partial charge is 0.279 e. The Labute approximate surface area is 189 Å². The number of hydrogen-bond donors (Lipinski definition) is 0. The zero-order valence-corrected chi connectivity index (χ0v) is 19.1. The molecule has 0 bridgehead atoms. The number of nitrogens with zero attached hydrogens (tertiary/aromatic N) is 2. The summed E-state index contributed by atoms with van der Waals surface area (Å²) in [6.45, 7) is 4.77. The lowest BCUT2D eigenvalue weighted by Gasteiger charge is -2.20. The average Bonchev–Trinajstić information content (AvgIpc) is 3.15. The molecule has 0 atom stereocenters. The Morgan fingerprint density at radius 1 is 1.07 bits per heavy atom. The van der Waals surface area contributed by atoms with Crippen molar-refractivity contribution in [2.45, 2.75) is 30.5 Å². The number of fused-ring (bicyclic) bond motifs is 1. The van der Waals surface area contributed by atoms with Gasteiger partial charge in [0.2, 0.25) is 0 Å². The van der Waals surface area contributed by atoms with Crippen LogP contribution in [0.25, 0.3) is 10.2 Å². The smallest absolute Gasteiger partial charge is 0.260 e. The number of rotatable bonds is 6. The van der Waals surface area contributed by atoms with Crippen molar-refractivity contribution in [3.63, 3.8) is 0 Å². The van der Waals surface area contributed by atoms with Gasteiger partial charge in [-0.15, -0.1) is 11.8 Å². The van der Waals surface area contributed by atoms with Crippen LogP contribution >= 0.6 is 34.7 Å². The van der Waals surface area contributed by atoms with Crippen LogP contribution in [0.3, 0.4) is 0 Å². The fourth-order valence-corrected chi connectivity index (χ4v) is 5.17. The maximum absolute atomic E-state index is 13.5. The maximum Gasteiger partial charge on any atom is 0.260 e. The Kier molecular flexibility index (Phi) is 6.42. The van der Waals surface area contributed by atoms with Crippen molar-refractivity contribution in [1.82, 2.24) is 4.98 Å². The third kappa shape index (κ3) is 4.86. The van der Waals surface area contributed by atoms with E-state index in [0.29, 0.717) is 27.5 Å². The van der Waals surface area contributed by atoms with Crippen molar-refractivity contribution in [2.75, 3.05) is 4.90 Å². The summed E-state index contributed by atoms with van der Waals surface area (Å²) in [6, 6.07) is 23.4. The van der Waals surface area contributed by atoms with Crippen LogP contribution in [0, 0.1) is 0 Å². The topological polar surface area (TPSA) is 33.2 Å². The Morgan fingerprint density at radius 2 is 1.80 bits per heavy atom. The van der Waals surface area contributed by atoms with Crippen LogP contribution in [-0.2, 0) is 6.54 Å². The van der Waals surface area contributed by atoms with Crippen molar-refractivity contribution in [3.05, 3.63) is 88.9 Å². The number of aromatic nitrogens is 1. The molecule has 0 unspecified atom stereocenters. The molecule has 152 valence electrons. The Hall–Kier alpha value is -2.34. The minimum Gasteiger partial charge on any atom is -0.279 e. The Morgan fingerprint density at radius 3 is 2.50 bits per heavy atom. The van der Waals surface area contributed by atoms with Gasteiger partial charge >= 0.3 is 0 Å². The highest BCUT2D eigenvalue weighted by molar-refractivity contribution is 7.99. The zero-order chi connectivity index (χ0) is 21.1. The summed E-state index contributed by atoms with van der Waals surface area (Å²) in [5.74, 6) is -0.0647. The van der Waals surface area contributed by atoms with Crippen molar-refractivity contribution in [1.29, 1.82) is 0 Å². The molecule has 1 amide bonds. The second kappa shape index (κ2) is 9.21. The molecule has 0 saturated carbocycles. The fourth-order valence-electron chi connectivity index (χ4n) is 3.10. The molecule has 4 aromatic rings. The highest BCUT2D eigenvalue weighted by atomic mass is 35.5. The fraction of sp³-hybridized carbons (Fsp3) is 0.167. The summed E-state index contributed by atoms with van der Waals surface area (Å²) in [5.41, 5.74) is 2.54. The van der Waals surface area contributed by atoms with Gasteiger partial charge in [-0.1, -0.05) is 67.1 Å². The number of amides is 1. The summed E-state index contributed by atoms with van der Waals surface area (Å²) in [6.07, 6.45) is 0. The van der Waals surface area contributed by atoms with E-state index in [1.165, 1.54) is 11.3 Å². The van der Waals surface area contributed by atoms with Gasteiger partial charge in [-0.05, 0) is 48.0 Å². The monoisotopic (exact) mass is 452 g/mol. The molecular weight excluding hydrogens is 432 g/mol. The van der Waals surface area contributed by atoms with Gasteiger partial charge in [0.25, 0.3) is 5.91 Å². The van der Waals surface area contributed by atoms with Gasteiger partial charge in [-0.2, -0.15) is 0 Å². The van der Waals surface area contributed by atoms with Crippen LogP contribution in [0.4, 0.5) is 5.13 Å². The van der Waals surface area contributed by atoms with E-state index >= 15 is 0 Å². The van der Waals surface area contributed by atoms with E-state index in [0.717, 1.165) is 20.7 Å². The number of carbonyl (C=O) groups is 1. The van der Waals surface area contributed by atoms with E-state index in [4.69, 9.17) is 16.6 Å².